The van der Waals surface area contributed by atoms with E-state index in [1.165, 1.54) is 67.2 Å². The zero-order valence-electron chi connectivity index (χ0n) is 13.1. The number of benzene rings is 1. The van der Waals surface area contributed by atoms with E-state index in [4.69, 9.17) is 0 Å². The summed E-state index contributed by atoms with van der Waals surface area (Å²) in [4.78, 5) is 2.63. The minimum atomic E-state index is 0.708. The molecule has 1 heterocycles. The molecule has 2 nitrogen and oxygen atoms in total. The third kappa shape index (κ3) is 4.01. The number of nitrogens with zero attached hydrogens (tertiary/aromatic N) is 1. The molecule has 1 atom stereocenters. The van der Waals surface area contributed by atoms with Gasteiger partial charge in [0.05, 0.1) is 5.69 Å². The van der Waals surface area contributed by atoms with Crippen LogP contribution in [0, 0.1) is 0 Å². The van der Waals surface area contributed by atoms with Crippen molar-refractivity contribution in [2.24, 2.45) is 0 Å². The number of halogens is 1. The summed E-state index contributed by atoms with van der Waals surface area (Å²) in [6.45, 7) is 4.53. The predicted molar refractivity (Wildman–Crippen MR) is 93.9 cm³/mol. The molecule has 116 valence electrons. The highest BCUT2D eigenvalue weighted by molar-refractivity contribution is 9.10. The Labute approximate surface area is 137 Å². The van der Waals surface area contributed by atoms with E-state index < -0.39 is 0 Å². The lowest BCUT2D eigenvalue weighted by Gasteiger charge is -2.32. The standard InChI is InChI=1S/C18H27BrN2/c1-2-16-6-4-3-5-11-21(16)18-10-7-14(12-17(18)19)13-20-15-8-9-15/h7,10,12,15-16,20H,2-6,8-9,11,13H2,1H3. The van der Waals surface area contributed by atoms with Gasteiger partial charge in [0, 0.05) is 29.6 Å². The van der Waals surface area contributed by atoms with Gasteiger partial charge in [0.1, 0.15) is 0 Å². The summed E-state index contributed by atoms with van der Waals surface area (Å²) in [5.74, 6) is 0. The highest BCUT2D eigenvalue weighted by Gasteiger charge is 2.22. The monoisotopic (exact) mass is 350 g/mol. The van der Waals surface area contributed by atoms with E-state index in [1.807, 2.05) is 0 Å². The first kappa shape index (κ1) is 15.4. The lowest BCUT2D eigenvalue weighted by molar-refractivity contribution is 0.555. The summed E-state index contributed by atoms with van der Waals surface area (Å²) in [6.07, 6.45) is 9.39. The largest absolute Gasteiger partial charge is 0.368 e. The highest BCUT2D eigenvalue weighted by Crippen LogP contribution is 2.33. The van der Waals surface area contributed by atoms with Crippen LogP contribution in [-0.2, 0) is 6.54 Å². The van der Waals surface area contributed by atoms with Crippen LogP contribution in [0.25, 0.3) is 0 Å². The van der Waals surface area contributed by atoms with Crippen LogP contribution in [0.15, 0.2) is 22.7 Å². The molecule has 1 N–H and O–H groups in total. The second-order valence-corrected chi connectivity index (χ2v) is 7.40. The van der Waals surface area contributed by atoms with Gasteiger partial charge in [-0.25, -0.2) is 0 Å². The van der Waals surface area contributed by atoms with Crippen molar-refractivity contribution in [2.75, 3.05) is 11.4 Å². The van der Waals surface area contributed by atoms with Crippen molar-refractivity contribution in [1.29, 1.82) is 0 Å². The number of hydrogen-bond acceptors (Lipinski definition) is 2. The van der Waals surface area contributed by atoms with Gasteiger partial charge in [-0.05, 0) is 65.7 Å². The van der Waals surface area contributed by atoms with Crippen molar-refractivity contribution in [2.45, 2.75) is 70.5 Å². The molecule has 2 aliphatic rings. The van der Waals surface area contributed by atoms with E-state index in [2.05, 4.69) is 51.3 Å². The highest BCUT2D eigenvalue weighted by atomic mass is 79.9. The van der Waals surface area contributed by atoms with Crippen molar-refractivity contribution in [3.8, 4) is 0 Å². The zero-order valence-corrected chi connectivity index (χ0v) is 14.7. The second-order valence-electron chi connectivity index (χ2n) is 6.55. The SMILES string of the molecule is CCC1CCCCCN1c1ccc(CNC2CC2)cc1Br. The summed E-state index contributed by atoms with van der Waals surface area (Å²) in [7, 11) is 0. The molecule has 1 unspecified atom stereocenters. The molecule has 1 saturated heterocycles. The van der Waals surface area contributed by atoms with Gasteiger partial charge in [-0.15, -0.1) is 0 Å². The van der Waals surface area contributed by atoms with Gasteiger partial charge >= 0.3 is 0 Å². The van der Waals surface area contributed by atoms with E-state index >= 15 is 0 Å². The maximum atomic E-state index is 3.82. The van der Waals surface area contributed by atoms with Gasteiger partial charge in [-0.1, -0.05) is 25.8 Å². The van der Waals surface area contributed by atoms with Gasteiger partial charge < -0.3 is 10.2 Å². The van der Waals surface area contributed by atoms with Crippen LogP contribution in [0.3, 0.4) is 0 Å². The fraction of sp³-hybridized carbons (Fsp3) is 0.667. The minimum Gasteiger partial charge on any atom is -0.368 e. The topological polar surface area (TPSA) is 15.3 Å². The molecule has 0 radical (unpaired) electrons. The van der Waals surface area contributed by atoms with Gasteiger partial charge in [0.25, 0.3) is 0 Å². The smallest absolute Gasteiger partial charge is 0.0513 e. The van der Waals surface area contributed by atoms with Crippen LogP contribution in [0.1, 0.15) is 57.4 Å². The third-order valence-electron chi connectivity index (χ3n) is 4.84. The predicted octanol–water partition coefficient (Wildman–Crippen LogP) is 4.86. The molecule has 0 spiro atoms. The molecule has 1 aromatic carbocycles. The Balaban J connectivity index is 1.73. The summed E-state index contributed by atoms with van der Waals surface area (Å²) in [5, 5.41) is 3.59. The normalized spacial score (nSPS) is 23.1. The number of rotatable bonds is 5. The fourth-order valence-electron chi connectivity index (χ4n) is 3.36. The Morgan fingerprint density at radius 1 is 1.19 bits per heavy atom. The first-order valence-corrected chi connectivity index (χ1v) is 9.35. The lowest BCUT2D eigenvalue weighted by atomic mass is 10.1. The van der Waals surface area contributed by atoms with E-state index in [1.54, 1.807) is 0 Å². The van der Waals surface area contributed by atoms with Crippen LogP contribution >= 0.6 is 15.9 Å². The molecule has 21 heavy (non-hydrogen) atoms. The number of nitrogens with one attached hydrogen (secondary N) is 1. The molecule has 1 aromatic rings. The van der Waals surface area contributed by atoms with E-state index in [0.29, 0.717) is 6.04 Å². The Kier molecular flexibility index (Phi) is 5.23. The Hall–Kier alpha value is -0.540. The second kappa shape index (κ2) is 7.15. The average Bonchev–Trinajstić information content (AvgIpc) is 3.32. The van der Waals surface area contributed by atoms with Crippen LogP contribution in [0.5, 0.6) is 0 Å². The van der Waals surface area contributed by atoms with Gasteiger partial charge in [-0.3, -0.25) is 0 Å². The Morgan fingerprint density at radius 2 is 2.05 bits per heavy atom. The fourth-order valence-corrected chi connectivity index (χ4v) is 4.02. The Bertz CT molecular complexity index is 470. The molecule has 0 bridgehead atoms. The number of hydrogen-bond donors (Lipinski definition) is 1. The summed E-state index contributed by atoms with van der Waals surface area (Å²) >= 11 is 3.82. The van der Waals surface area contributed by atoms with Gasteiger partial charge in [-0.2, -0.15) is 0 Å². The summed E-state index contributed by atoms with van der Waals surface area (Å²) in [6, 6.07) is 8.41. The zero-order chi connectivity index (χ0) is 14.7. The lowest BCUT2D eigenvalue weighted by Crippen LogP contribution is -2.34. The van der Waals surface area contributed by atoms with Crippen LogP contribution < -0.4 is 10.2 Å². The third-order valence-corrected chi connectivity index (χ3v) is 5.48. The Morgan fingerprint density at radius 3 is 2.76 bits per heavy atom. The van der Waals surface area contributed by atoms with Crippen LogP contribution in [0.4, 0.5) is 5.69 Å². The molecule has 2 fully saturated rings. The maximum absolute atomic E-state index is 3.82. The summed E-state index contributed by atoms with van der Waals surface area (Å²) in [5.41, 5.74) is 2.78. The average molecular weight is 351 g/mol. The van der Waals surface area contributed by atoms with Crippen LogP contribution in [0.2, 0.25) is 0 Å². The van der Waals surface area contributed by atoms with Crippen molar-refractivity contribution >= 4 is 21.6 Å². The summed E-state index contributed by atoms with van der Waals surface area (Å²) < 4.78 is 1.26. The molecular formula is C18H27BrN2. The van der Waals surface area contributed by atoms with Gasteiger partial charge in [0.15, 0.2) is 0 Å². The molecule has 3 rings (SSSR count). The molecule has 1 saturated carbocycles. The molecule has 1 aliphatic heterocycles. The first-order chi connectivity index (χ1) is 10.3. The van der Waals surface area contributed by atoms with Gasteiger partial charge in [0.2, 0.25) is 0 Å². The molecule has 0 aromatic heterocycles. The van der Waals surface area contributed by atoms with Crippen molar-refractivity contribution in [1.82, 2.24) is 5.32 Å². The van der Waals surface area contributed by atoms with E-state index in [0.717, 1.165) is 12.6 Å². The van der Waals surface area contributed by atoms with Crippen LogP contribution in [-0.4, -0.2) is 18.6 Å². The maximum Gasteiger partial charge on any atom is 0.0513 e. The molecule has 0 amide bonds. The van der Waals surface area contributed by atoms with E-state index in [9.17, 15) is 0 Å². The molecular weight excluding hydrogens is 324 g/mol. The van der Waals surface area contributed by atoms with E-state index in [-0.39, 0.29) is 0 Å². The molecule has 3 heteroatoms. The van der Waals surface area contributed by atoms with Crippen molar-refractivity contribution in [3.05, 3.63) is 28.2 Å². The molecule has 1 aliphatic carbocycles. The quantitative estimate of drug-likeness (QED) is 0.815. The first-order valence-electron chi connectivity index (χ1n) is 8.56. The number of anilines is 1. The minimum absolute atomic E-state index is 0.708. The van der Waals surface area contributed by atoms with Crippen molar-refractivity contribution in [3.63, 3.8) is 0 Å². The van der Waals surface area contributed by atoms with Crippen molar-refractivity contribution < 1.29 is 0 Å².